The van der Waals surface area contributed by atoms with Gasteiger partial charge in [-0.15, -0.1) is 0 Å². The number of hydrogen-bond donors (Lipinski definition) is 1. The Labute approximate surface area is 206 Å². The molecular formula is C28H31ClN2O3. The Morgan fingerprint density at radius 3 is 2.18 bits per heavy atom. The summed E-state index contributed by atoms with van der Waals surface area (Å²) in [6.45, 7) is 4.72. The molecule has 0 radical (unpaired) electrons. The smallest absolute Gasteiger partial charge is 0.261 e. The maximum Gasteiger partial charge on any atom is 0.261 e. The van der Waals surface area contributed by atoms with Gasteiger partial charge in [0.1, 0.15) is 11.8 Å². The molecule has 1 atom stereocenters. The molecule has 0 aliphatic heterocycles. The number of carbonyl (C=O) groups excluding carboxylic acids is 2. The number of benzene rings is 3. The fourth-order valence-corrected chi connectivity index (χ4v) is 3.72. The quantitative estimate of drug-likeness (QED) is 0.415. The molecule has 2 amide bonds. The fourth-order valence-electron chi connectivity index (χ4n) is 3.54. The molecule has 1 N–H and O–H groups in total. The molecule has 178 valence electrons. The van der Waals surface area contributed by atoms with Gasteiger partial charge in [-0.1, -0.05) is 92.2 Å². The van der Waals surface area contributed by atoms with Crippen LogP contribution in [-0.4, -0.2) is 35.9 Å². The van der Waals surface area contributed by atoms with Crippen molar-refractivity contribution in [2.45, 2.75) is 32.9 Å². The van der Waals surface area contributed by atoms with E-state index in [2.05, 4.69) is 5.32 Å². The minimum Gasteiger partial charge on any atom is -0.484 e. The second-order valence-corrected chi connectivity index (χ2v) is 9.03. The number of halogens is 1. The summed E-state index contributed by atoms with van der Waals surface area (Å²) in [6, 6.07) is 25.6. The molecule has 0 saturated carbocycles. The largest absolute Gasteiger partial charge is 0.484 e. The van der Waals surface area contributed by atoms with Crippen molar-refractivity contribution in [2.24, 2.45) is 5.92 Å². The normalized spacial score (nSPS) is 11.6. The van der Waals surface area contributed by atoms with Crippen molar-refractivity contribution >= 4 is 23.4 Å². The predicted molar refractivity (Wildman–Crippen MR) is 136 cm³/mol. The van der Waals surface area contributed by atoms with E-state index < -0.39 is 6.04 Å². The summed E-state index contributed by atoms with van der Waals surface area (Å²) in [5.74, 6) is 0.351. The topological polar surface area (TPSA) is 58.6 Å². The number of nitrogens with zero attached hydrogens (tertiary/aromatic N) is 1. The number of ether oxygens (including phenoxy) is 1. The lowest BCUT2D eigenvalue weighted by molar-refractivity contribution is -0.142. The molecule has 0 spiro atoms. The highest BCUT2D eigenvalue weighted by molar-refractivity contribution is 6.30. The molecule has 6 heteroatoms. The van der Waals surface area contributed by atoms with E-state index in [0.717, 1.165) is 11.1 Å². The number of nitrogens with one attached hydrogen (secondary N) is 1. The highest BCUT2D eigenvalue weighted by Crippen LogP contribution is 2.19. The van der Waals surface area contributed by atoms with Crippen LogP contribution in [0.5, 0.6) is 5.75 Å². The standard InChI is InChI=1S/C28H31ClN2O3/c1-21(2)18-30-28(33)26(16-22-10-5-3-6-11-22)31(19-23-12-7-4-8-13-23)27(32)20-34-25-15-9-14-24(29)17-25/h3-15,17,21,26H,16,18-20H2,1-2H3,(H,30,33)/t26-/m1/s1. The van der Waals surface area contributed by atoms with Crippen molar-refractivity contribution in [3.8, 4) is 5.75 Å². The number of hydrogen-bond acceptors (Lipinski definition) is 3. The van der Waals surface area contributed by atoms with Crippen LogP contribution in [-0.2, 0) is 22.6 Å². The Hall–Kier alpha value is -3.31. The second-order valence-electron chi connectivity index (χ2n) is 8.60. The van der Waals surface area contributed by atoms with Gasteiger partial charge in [0, 0.05) is 24.5 Å². The summed E-state index contributed by atoms with van der Waals surface area (Å²) >= 11 is 6.04. The molecule has 0 bridgehead atoms. The van der Waals surface area contributed by atoms with E-state index in [1.807, 2.05) is 74.5 Å². The molecule has 3 rings (SSSR count). The van der Waals surface area contributed by atoms with Gasteiger partial charge in [0.25, 0.3) is 5.91 Å². The maximum absolute atomic E-state index is 13.5. The van der Waals surface area contributed by atoms with Gasteiger partial charge in [0.05, 0.1) is 0 Å². The van der Waals surface area contributed by atoms with Crippen molar-refractivity contribution < 1.29 is 14.3 Å². The van der Waals surface area contributed by atoms with Crippen molar-refractivity contribution in [1.29, 1.82) is 0 Å². The average molecular weight is 479 g/mol. The summed E-state index contributed by atoms with van der Waals surface area (Å²) in [7, 11) is 0. The van der Waals surface area contributed by atoms with E-state index in [0.29, 0.717) is 36.2 Å². The van der Waals surface area contributed by atoms with E-state index in [4.69, 9.17) is 16.3 Å². The van der Waals surface area contributed by atoms with Gasteiger partial charge in [0.15, 0.2) is 6.61 Å². The van der Waals surface area contributed by atoms with Gasteiger partial charge in [-0.25, -0.2) is 0 Å². The average Bonchev–Trinajstić information content (AvgIpc) is 2.84. The highest BCUT2D eigenvalue weighted by atomic mass is 35.5. The van der Waals surface area contributed by atoms with Crippen LogP contribution in [0.1, 0.15) is 25.0 Å². The van der Waals surface area contributed by atoms with Crippen molar-refractivity contribution in [3.63, 3.8) is 0 Å². The molecular weight excluding hydrogens is 448 g/mol. The number of carbonyl (C=O) groups is 2. The molecule has 5 nitrogen and oxygen atoms in total. The van der Waals surface area contributed by atoms with Crippen molar-refractivity contribution in [3.05, 3.63) is 101 Å². The summed E-state index contributed by atoms with van der Waals surface area (Å²) in [5, 5.41) is 3.54. The van der Waals surface area contributed by atoms with Gasteiger partial charge in [-0.05, 0) is 35.2 Å². The van der Waals surface area contributed by atoms with E-state index in [1.54, 1.807) is 29.2 Å². The first-order valence-electron chi connectivity index (χ1n) is 11.5. The van der Waals surface area contributed by atoms with E-state index in [9.17, 15) is 9.59 Å². The first-order valence-corrected chi connectivity index (χ1v) is 11.8. The monoisotopic (exact) mass is 478 g/mol. The zero-order valence-electron chi connectivity index (χ0n) is 19.6. The maximum atomic E-state index is 13.5. The van der Waals surface area contributed by atoms with Crippen molar-refractivity contribution in [1.82, 2.24) is 10.2 Å². The summed E-state index contributed by atoms with van der Waals surface area (Å²) < 4.78 is 5.74. The molecule has 0 heterocycles. The lowest BCUT2D eigenvalue weighted by Crippen LogP contribution is -2.52. The Balaban J connectivity index is 1.87. The lowest BCUT2D eigenvalue weighted by atomic mass is 10.0. The molecule has 0 aliphatic rings. The second kappa shape index (κ2) is 12.8. The lowest BCUT2D eigenvalue weighted by Gasteiger charge is -2.31. The fraction of sp³-hybridized carbons (Fsp3) is 0.286. The van der Waals surface area contributed by atoms with Crippen LogP contribution in [0.2, 0.25) is 5.02 Å². The molecule has 0 aromatic heterocycles. The molecule has 3 aromatic carbocycles. The zero-order valence-corrected chi connectivity index (χ0v) is 20.4. The van der Waals surface area contributed by atoms with Crippen LogP contribution in [0.4, 0.5) is 0 Å². The Kier molecular flexibility index (Phi) is 9.53. The van der Waals surface area contributed by atoms with Crippen LogP contribution in [0, 0.1) is 5.92 Å². The van der Waals surface area contributed by atoms with Gasteiger partial charge in [0.2, 0.25) is 5.91 Å². The number of amides is 2. The molecule has 0 fully saturated rings. The SMILES string of the molecule is CC(C)CNC(=O)[C@@H](Cc1ccccc1)N(Cc1ccccc1)C(=O)COc1cccc(Cl)c1. The third kappa shape index (κ3) is 7.92. The first kappa shape index (κ1) is 25.3. The molecule has 34 heavy (non-hydrogen) atoms. The molecule has 3 aromatic rings. The zero-order chi connectivity index (χ0) is 24.3. The molecule has 0 aliphatic carbocycles. The van der Waals surface area contributed by atoms with E-state index >= 15 is 0 Å². The number of rotatable bonds is 11. The molecule has 0 unspecified atom stereocenters. The van der Waals surface area contributed by atoms with E-state index in [1.165, 1.54) is 0 Å². The third-order valence-corrected chi connectivity index (χ3v) is 5.54. The minimum atomic E-state index is -0.684. The Morgan fingerprint density at radius 2 is 1.56 bits per heavy atom. The summed E-state index contributed by atoms with van der Waals surface area (Å²) in [6.07, 6.45) is 0.403. The van der Waals surface area contributed by atoms with Gasteiger partial charge >= 0.3 is 0 Å². The van der Waals surface area contributed by atoms with E-state index in [-0.39, 0.29) is 18.4 Å². The Morgan fingerprint density at radius 1 is 0.912 bits per heavy atom. The van der Waals surface area contributed by atoms with Crippen LogP contribution < -0.4 is 10.1 Å². The van der Waals surface area contributed by atoms with Gasteiger partial charge in [-0.3, -0.25) is 9.59 Å². The minimum absolute atomic E-state index is 0.176. The summed E-state index contributed by atoms with van der Waals surface area (Å²) in [5.41, 5.74) is 1.92. The highest BCUT2D eigenvalue weighted by Gasteiger charge is 2.30. The third-order valence-electron chi connectivity index (χ3n) is 5.31. The van der Waals surface area contributed by atoms with Crippen LogP contribution in [0.25, 0.3) is 0 Å². The molecule has 0 saturated heterocycles. The van der Waals surface area contributed by atoms with Crippen LogP contribution >= 0.6 is 11.6 Å². The van der Waals surface area contributed by atoms with Crippen molar-refractivity contribution in [2.75, 3.05) is 13.2 Å². The summed E-state index contributed by atoms with van der Waals surface area (Å²) in [4.78, 5) is 28.4. The Bertz CT molecular complexity index is 1060. The van der Waals surface area contributed by atoms with Gasteiger partial charge < -0.3 is 15.0 Å². The van der Waals surface area contributed by atoms with Gasteiger partial charge in [-0.2, -0.15) is 0 Å². The van der Waals surface area contributed by atoms with Crippen LogP contribution in [0.3, 0.4) is 0 Å². The van der Waals surface area contributed by atoms with Crippen LogP contribution in [0.15, 0.2) is 84.9 Å². The predicted octanol–water partition coefficient (Wildman–Crippen LogP) is 5.13. The first-order chi connectivity index (χ1) is 16.4.